The molecule has 0 saturated heterocycles. The van der Waals surface area contributed by atoms with Crippen LogP contribution < -0.4 is 18.8 Å². The average molecular weight is 206 g/mol. The Balaban J connectivity index is -0.0000000540. The van der Waals surface area contributed by atoms with E-state index in [1.807, 2.05) is 25.1 Å². The molecule has 0 N–H and O–H groups in total. The van der Waals surface area contributed by atoms with Gasteiger partial charge in [-0.1, -0.05) is 18.2 Å². The van der Waals surface area contributed by atoms with Gasteiger partial charge in [0, 0.05) is 11.6 Å². The average Bonchev–Trinajstić information content (AvgIpc) is 1.89. The van der Waals surface area contributed by atoms with Crippen molar-refractivity contribution in [2.24, 2.45) is 0 Å². The first-order chi connectivity index (χ1) is 4.34. The molecular formula is C7H7BF4N2. The first-order valence-corrected chi connectivity index (χ1v) is 2.75. The van der Waals surface area contributed by atoms with Crippen molar-refractivity contribution in [2.75, 3.05) is 0 Å². The molecule has 0 bridgehead atoms. The molecule has 2 nitrogen and oxygen atoms in total. The second kappa shape index (κ2) is 14.0. The molecule has 0 aliphatic heterocycles. The van der Waals surface area contributed by atoms with Crippen LogP contribution in [0, 0.1) is 12.3 Å². The van der Waals surface area contributed by atoms with E-state index in [0.717, 1.165) is 5.56 Å². The summed E-state index contributed by atoms with van der Waals surface area (Å²) in [6.07, 6.45) is 0. The minimum Gasteiger partial charge on any atom is -1.00 e. The van der Waals surface area contributed by atoms with Gasteiger partial charge in [0.1, 0.15) is 0 Å². The van der Waals surface area contributed by atoms with Gasteiger partial charge in [-0.25, -0.2) is 0 Å². The Labute approximate surface area is 81.0 Å². The van der Waals surface area contributed by atoms with Gasteiger partial charge in [0.15, 0.2) is 4.98 Å². The van der Waals surface area contributed by atoms with Crippen LogP contribution >= 0.6 is 0 Å². The Morgan fingerprint density at radius 3 is 1.71 bits per heavy atom. The van der Waals surface area contributed by atoms with Crippen molar-refractivity contribution in [3.8, 4) is 0 Å². The maximum Gasteiger partial charge on any atom is 3.00 e. The molecule has 0 spiro atoms. The molecule has 0 radical (unpaired) electrons. The number of nitrogens with zero attached hydrogens (tertiary/aromatic N) is 2. The van der Waals surface area contributed by atoms with Crippen LogP contribution in [0.3, 0.4) is 0 Å². The molecule has 14 heavy (non-hydrogen) atoms. The molecule has 0 unspecified atom stereocenters. The van der Waals surface area contributed by atoms with Crippen LogP contribution in [0.1, 0.15) is 5.56 Å². The molecule has 1 aromatic carbocycles. The first kappa shape index (κ1) is 29.4. The van der Waals surface area contributed by atoms with E-state index < -0.39 is 0 Å². The predicted octanol–water partition coefficient (Wildman–Crippen LogP) is -9.89. The van der Waals surface area contributed by atoms with Crippen LogP contribution in [0.2, 0.25) is 0 Å². The zero-order valence-electron chi connectivity index (χ0n) is 7.29. The molecule has 1 aromatic rings. The van der Waals surface area contributed by atoms with Gasteiger partial charge in [0.05, 0.1) is 0 Å². The van der Waals surface area contributed by atoms with Crippen molar-refractivity contribution in [1.29, 1.82) is 5.39 Å². The monoisotopic (exact) mass is 206 g/mol. The van der Waals surface area contributed by atoms with Crippen molar-refractivity contribution in [3.63, 3.8) is 0 Å². The fraction of sp³-hybridized carbons (Fsp3) is 0.143. The molecular weight excluding hydrogens is 199 g/mol. The number of aryl methyl sites for hydroxylation is 1. The normalized spacial score (nSPS) is 5.43. The Morgan fingerprint density at radius 2 is 1.43 bits per heavy atom. The van der Waals surface area contributed by atoms with Gasteiger partial charge >= 0.3 is 14.1 Å². The molecule has 0 amide bonds. The van der Waals surface area contributed by atoms with Gasteiger partial charge in [0.25, 0.3) is 0 Å². The van der Waals surface area contributed by atoms with E-state index in [-0.39, 0.29) is 27.2 Å². The number of hydrogen-bond donors (Lipinski definition) is 0. The van der Waals surface area contributed by atoms with E-state index in [4.69, 9.17) is 5.39 Å². The van der Waals surface area contributed by atoms with Crippen molar-refractivity contribution < 1.29 is 18.8 Å². The smallest absolute Gasteiger partial charge is 1.00 e. The topological polar surface area (TPSA) is 28.1 Å². The number of hydrogen-bond acceptors (Lipinski definition) is 1. The van der Waals surface area contributed by atoms with Gasteiger partial charge in [-0.15, -0.1) is 0 Å². The molecule has 0 saturated carbocycles. The van der Waals surface area contributed by atoms with Crippen LogP contribution in [0.4, 0.5) is 5.69 Å². The molecule has 0 fully saturated rings. The van der Waals surface area contributed by atoms with E-state index in [1.54, 1.807) is 6.07 Å². The Bertz CT molecular complexity index is 264. The third-order valence-corrected chi connectivity index (χ3v) is 1.22. The third kappa shape index (κ3) is 7.09. The molecule has 0 heterocycles. The quantitative estimate of drug-likeness (QED) is 0.235. The summed E-state index contributed by atoms with van der Waals surface area (Å²) in [5.41, 5.74) is 1.62. The van der Waals surface area contributed by atoms with Gasteiger partial charge in [-0.3, -0.25) is 0 Å². The van der Waals surface area contributed by atoms with Crippen LogP contribution in [0.5, 0.6) is 0 Å². The molecule has 7 heteroatoms. The second-order valence-corrected chi connectivity index (χ2v) is 1.89. The minimum absolute atomic E-state index is 0. The van der Waals surface area contributed by atoms with Crippen LogP contribution in [0.25, 0.3) is 4.98 Å². The zero-order chi connectivity index (χ0) is 6.69. The van der Waals surface area contributed by atoms with E-state index in [1.165, 1.54) is 0 Å². The number of rotatable bonds is 0. The predicted molar refractivity (Wildman–Crippen MR) is 41.7 cm³/mol. The second-order valence-electron chi connectivity index (χ2n) is 1.89. The fourth-order valence-corrected chi connectivity index (χ4v) is 0.676. The summed E-state index contributed by atoms with van der Waals surface area (Å²) < 4.78 is 0. The number of benzene rings is 1. The van der Waals surface area contributed by atoms with Crippen molar-refractivity contribution >= 4 is 14.1 Å². The Hall–Kier alpha value is -1.58. The summed E-state index contributed by atoms with van der Waals surface area (Å²) >= 11 is 0. The molecule has 0 aromatic heterocycles. The van der Waals surface area contributed by atoms with Crippen LogP contribution in [0.15, 0.2) is 24.3 Å². The Morgan fingerprint density at radius 1 is 1.00 bits per heavy atom. The summed E-state index contributed by atoms with van der Waals surface area (Å²) in [6, 6.07) is 7.40. The van der Waals surface area contributed by atoms with Gasteiger partial charge in [-0.05, 0) is 6.92 Å². The molecule has 0 aliphatic carbocycles. The summed E-state index contributed by atoms with van der Waals surface area (Å²) in [5, 5.41) is 8.34. The number of halogens is 4. The van der Waals surface area contributed by atoms with E-state index in [2.05, 4.69) is 4.98 Å². The largest absolute Gasteiger partial charge is 3.00 e. The molecule has 0 aliphatic rings. The van der Waals surface area contributed by atoms with E-state index in [0.29, 0.717) is 5.69 Å². The standard InChI is InChI=1S/C7H7N2.B.4FH/c1-6-4-2-3-5-7(6)9-8;;;;;/h2-5H,1H3;;4*1H/q+1;+3;;;;/p-4. The van der Waals surface area contributed by atoms with Gasteiger partial charge < -0.3 is 18.8 Å². The zero-order valence-corrected chi connectivity index (χ0v) is 7.29. The fourth-order valence-electron chi connectivity index (χ4n) is 0.676. The molecule has 76 valence electrons. The summed E-state index contributed by atoms with van der Waals surface area (Å²) in [7, 11) is 0. The summed E-state index contributed by atoms with van der Waals surface area (Å²) in [4.78, 5) is 3.07. The summed E-state index contributed by atoms with van der Waals surface area (Å²) in [5.74, 6) is 0. The maximum atomic E-state index is 8.34. The SMILES string of the molecule is Cc1ccccc1[N+]#N.[B+3].[F-].[F-].[F-].[F-]. The first-order valence-electron chi connectivity index (χ1n) is 2.75. The maximum absolute atomic E-state index is 8.34. The van der Waals surface area contributed by atoms with Crippen molar-refractivity contribution in [3.05, 3.63) is 34.8 Å². The molecule has 0 atom stereocenters. The van der Waals surface area contributed by atoms with Gasteiger partial charge in [0.2, 0.25) is 5.39 Å². The number of diazo groups is 1. The third-order valence-electron chi connectivity index (χ3n) is 1.22. The van der Waals surface area contributed by atoms with Gasteiger partial charge in [-0.2, -0.15) is 0 Å². The van der Waals surface area contributed by atoms with Crippen molar-refractivity contribution in [1.82, 2.24) is 0 Å². The van der Waals surface area contributed by atoms with E-state index in [9.17, 15) is 0 Å². The summed E-state index contributed by atoms with van der Waals surface area (Å²) in [6.45, 7) is 1.90. The minimum atomic E-state index is 0. The molecule has 1 rings (SSSR count). The van der Waals surface area contributed by atoms with E-state index >= 15 is 0 Å². The van der Waals surface area contributed by atoms with Crippen LogP contribution in [-0.4, -0.2) is 8.41 Å². The Kier molecular flexibility index (Phi) is 29.4. The van der Waals surface area contributed by atoms with Crippen LogP contribution in [-0.2, 0) is 0 Å². The van der Waals surface area contributed by atoms with Crippen molar-refractivity contribution in [2.45, 2.75) is 6.92 Å².